The molecule has 1 aliphatic heterocycles. The second kappa shape index (κ2) is 11.1. The summed E-state index contributed by atoms with van der Waals surface area (Å²) in [4.78, 5) is 15.1. The largest absolute Gasteiger partial charge is 0.489 e. The molecule has 1 amide bonds. The molecule has 1 N–H and O–H groups in total. The Bertz CT molecular complexity index is 1300. The van der Waals surface area contributed by atoms with E-state index in [0.29, 0.717) is 18.7 Å². The lowest BCUT2D eigenvalue weighted by Crippen LogP contribution is -2.28. The fraction of sp³-hybridized carbons (Fsp3) is 0.194. The van der Waals surface area contributed by atoms with Crippen molar-refractivity contribution in [2.24, 2.45) is 0 Å². The number of hydrogen-bond acceptors (Lipinski definition) is 3. The number of aryl methyl sites for hydroxylation is 1. The predicted octanol–water partition coefficient (Wildman–Crippen LogP) is 6.29. The number of benzene rings is 4. The Balaban J connectivity index is 1.11. The summed E-state index contributed by atoms with van der Waals surface area (Å²) in [5.41, 5.74) is 6.46. The van der Waals surface area contributed by atoms with Gasteiger partial charge in [0.25, 0.3) is 5.91 Å². The van der Waals surface area contributed by atoms with Crippen molar-refractivity contribution >= 4 is 11.6 Å². The molecule has 5 rings (SSSR count). The van der Waals surface area contributed by atoms with E-state index < -0.39 is 0 Å². The van der Waals surface area contributed by atoms with E-state index in [0.717, 1.165) is 36.4 Å². The number of amides is 1. The molecule has 1 aliphatic rings. The number of nitrogens with one attached hydrogen (secondary N) is 1. The summed E-state index contributed by atoms with van der Waals surface area (Å²) in [7, 11) is 0. The number of fused-ring (bicyclic) bond motifs is 1. The lowest BCUT2D eigenvalue weighted by atomic mass is 10.0. The monoisotopic (exact) mass is 480 g/mol. The smallest absolute Gasteiger partial charge is 0.251 e. The molecule has 4 aromatic rings. The molecule has 0 aromatic heterocycles. The van der Waals surface area contributed by atoms with E-state index >= 15 is 0 Å². The van der Waals surface area contributed by atoms with Crippen molar-refractivity contribution in [2.45, 2.75) is 32.5 Å². The first-order valence-corrected chi connectivity index (χ1v) is 12.3. The number of rotatable bonds is 8. The van der Waals surface area contributed by atoms with Crippen molar-refractivity contribution in [1.82, 2.24) is 5.32 Å². The van der Waals surface area contributed by atoms with Gasteiger partial charge in [-0.05, 0) is 77.6 Å². The van der Waals surface area contributed by atoms with Crippen LogP contribution in [0, 0.1) is 5.82 Å². The number of para-hydroxylation sites is 1. The number of anilines is 1. The molecule has 4 aromatic carbocycles. The van der Waals surface area contributed by atoms with Crippen LogP contribution in [0.25, 0.3) is 0 Å². The van der Waals surface area contributed by atoms with Gasteiger partial charge in [0, 0.05) is 30.9 Å². The average Bonchev–Trinajstić information content (AvgIpc) is 2.93. The maximum absolute atomic E-state index is 13.0. The topological polar surface area (TPSA) is 41.6 Å². The maximum Gasteiger partial charge on any atom is 0.251 e. The van der Waals surface area contributed by atoms with E-state index in [-0.39, 0.29) is 11.7 Å². The molecule has 5 heteroatoms. The number of carbonyl (C=O) groups is 1. The molecule has 1 heterocycles. The number of nitrogens with zero attached hydrogens (tertiary/aromatic N) is 1. The molecule has 0 unspecified atom stereocenters. The van der Waals surface area contributed by atoms with E-state index in [4.69, 9.17) is 4.74 Å². The molecule has 182 valence electrons. The van der Waals surface area contributed by atoms with Crippen LogP contribution in [0.4, 0.5) is 10.1 Å². The fourth-order valence-corrected chi connectivity index (χ4v) is 4.49. The van der Waals surface area contributed by atoms with E-state index in [2.05, 4.69) is 34.5 Å². The van der Waals surface area contributed by atoms with Gasteiger partial charge in [0.1, 0.15) is 18.2 Å². The number of ether oxygens (including phenoxy) is 1. The van der Waals surface area contributed by atoms with Gasteiger partial charge in [0.15, 0.2) is 0 Å². The van der Waals surface area contributed by atoms with Crippen LogP contribution in [-0.2, 0) is 26.1 Å². The van der Waals surface area contributed by atoms with Crippen LogP contribution in [0.3, 0.4) is 0 Å². The van der Waals surface area contributed by atoms with E-state index in [1.54, 1.807) is 12.1 Å². The van der Waals surface area contributed by atoms with E-state index in [1.807, 2.05) is 48.5 Å². The standard InChI is InChI=1S/C31H29FN2O2/c32-28-15-9-25(10-16-28)22-36-29-17-11-23(12-18-29)20-33-31(35)27-13-7-24(8-14-27)21-34-19-3-5-26-4-1-2-6-30(26)34/h1-2,4,6-18H,3,5,19-22H2,(H,33,35). The minimum atomic E-state index is -0.260. The van der Waals surface area contributed by atoms with Gasteiger partial charge >= 0.3 is 0 Å². The second-order valence-corrected chi connectivity index (χ2v) is 9.09. The highest BCUT2D eigenvalue weighted by molar-refractivity contribution is 5.94. The van der Waals surface area contributed by atoms with Gasteiger partial charge in [-0.15, -0.1) is 0 Å². The van der Waals surface area contributed by atoms with E-state index in [9.17, 15) is 9.18 Å². The highest BCUT2D eigenvalue weighted by atomic mass is 19.1. The van der Waals surface area contributed by atoms with Gasteiger partial charge in [-0.2, -0.15) is 0 Å². The SMILES string of the molecule is O=C(NCc1ccc(OCc2ccc(F)cc2)cc1)c1ccc(CN2CCCc3ccccc32)cc1. The van der Waals surface area contributed by atoms with Crippen LogP contribution in [0.2, 0.25) is 0 Å². The quantitative estimate of drug-likeness (QED) is 0.322. The third-order valence-electron chi connectivity index (χ3n) is 6.49. The normalized spacial score (nSPS) is 12.6. The zero-order valence-corrected chi connectivity index (χ0v) is 20.1. The summed E-state index contributed by atoms with van der Waals surface area (Å²) < 4.78 is 18.8. The van der Waals surface area contributed by atoms with Gasteiger partial charge in [0.05, 0.1) is 0 Å². The molecular weight excluding hydrogens is 451 g/mol. The van der Waals surface area contributed by atoms with Crippen molar-refractivity contribution in [3.05, 3.63) is 131 Å². The minimum Gasteiger partial charge on any atom is -0.489 e. The minimum absolute atomic E-state index is 0.0958. The van der Waals surface area contributed by atoms with Crippen LogP contribution in [0.15, 0.2) is 97.1 Å². The van der Waals surface area contributed by atoms with Crippen molar-refractivity contribution in [3.63, 3.8) is 0 Å². The molecule has 0 bridgehead atoms. The molecule has 4 nitrogen and oxygen atoms in total. The summed E-state index contributed by atoms with van der Waals surface area (Å²) in [6.07, 6.45) is 2.30. The van der Waals surface area contributed by atoms with Crippen molar-refractivity contribution < 1.29 is 13.9 Å². The van der Waals surface area contributed by atoms with Crippen LogP contribution >= 0.6 is 0 Å². The first-order chi connectivity index (χ1) is 17.6. The molecule has 0 spiro atoms. The second-order valence-electron chi connectivity index (χ2n) is 9.09. The van der Waals surface area contributed by atoms with Crippen molar-refractivity contribution in [1.29, 1.82) is 0 Å². The third kappa shape index (κ3) is 5.92. The highest BCUT2D eigenvalue weighted by Crippen LogP contribution is 2.28. The number of halogens is 1. The Morgan fingerprint density at radius 1 is 0.833 bits per heavy atom. The Hall–Kier alpha value is -4.12. The van der Waals surface area contributed by atoms with E-state index in [1.165, 1.54) is 35.4 Å². The van der Waals surface area contributed by atoms with Gasteiger partial charge in [-0.25, -0.2) is 4.39 Å². The third-order valence-corrected chi connectivity index (χ3v) is 6.49. The molecule has 0 radical (unpaired) electrons. The Labute approximate surface area is 211 Å². The summed E-state index contributed by atoms with van der Waals surface area (Å²) in [5.74, 6) is 0.368. The molecular formula is C31H29FN2O2. The van der Waals surface area contributed by atoms with Crippen LogP contribution < -0.4 is 15.0 Å². The predicted molar refractivity (Wildman–Crippen MR) is 141 cm³/mol. The number of hydrogen-bond donors (Lipinski definition) is 1. The Morgan fingerprint density at radius 2 is 1.53 bits per heavy atom. The van der Waals surface area contributed by atoms with Crippen molar-refractivity contribution in [2.75, 3.05) is 11.4 Å². The first-order valence-electron chi connectivity index (χ1n) is 12.3. The summed E-state index contributed by atoms with van der Waals surface area (Å²) in [6, 6.07) is 30.3. The van der Waals surface area contributed by atoms with Gasteiger partial charge in [0.2, 0.25) is 0 Å². The summed E-state index contributed by atoms with van der Waals surface area (Å²) in [5, 5.41) is 2.99. The lowest BCUT2D eigenvalue weighted by Gasteiger charge is -2.31. The Morgan fingerprint density at radius 3 is 2.31 bits per heavy atom. The maximum atomic E-state index is 13.0. The fourth-order valence-electron chi connectivity index (χ4n) is 4.49. The highest BCUT2D eigenvalue weighted by Gasteiger charge is 2.16. The molecule has 0 atom stereocenters. The molecule has 0 saturated heterocycles. The van der Waals surface area contributed by atoms with Crippen LogP contribution in [0.1, 0.15) is 39.0 Å². The van der Waals surface area contributed by atoms with Gasteiger partial charge < -0.3 is 15.0 Å². The molecule has 0 aliphatic carbocycles. The lowest BCUT2D eigenvalue weighted by molar-refractivity contribution is 0.0951. The average molecular weight is 481 g/mol. The van der Waals surface area contributed by atoms with Gasteiger partial charge in [-0.1, -0.05) is 54.6 Å². The molecule has 36 heavy (non-hydrogen) atoms. The van der Waals surface area contributed by atoms with Gasteiger partial charge in [-0.3, -0.25) is 4.79 Å². The zero-order valence-electron chi connectivity index (χ0n) is 20.1. The zero-order chi connectivity index (χ0) is 24.7. The number of carbonyl (C=O) groups excluding carboxylic acids is 1. The molecule has 0 fully saturated rings. The van der Waals surface area contributed by atoms with Crippen LogP contribution in [-0.4, -0.2) is 12.5 Å². The first kappa shape index (κ1) is 23.6. The molecule has 0 saturated carbocycles. The van der Waals surface area contributed by atoms with Crippen molar-refractivity contribution in [3.8, 4) is 5.75 Å². The van der Waals surface area contributed by atoms with Crippen LogP contribution in [0.5, 0.6) is 5.75 Å². The summed E-state index contributed by atoms with van der Waals surface area (Å²) in [6.45, 7) is 2.70. The summed E-state index contributed by atoms with van der Waals surface area (Å²) >= 11 is 0. The Kier molecular flexibility index (Phi) is 7.27.